The molecule has 1 aromatic carbocycles. The number of ether oxygens (including phenoxy) is 4. The van der Waals surface area contributed by atoms with Crippen molar-refractivity contribution in [3.63, 3.8) is 0 Å². The topological polar surface area (TPSA) is 36.9 Å². The predicted octanol–water partition coefficient (Wildman–Crippen LogP) is 2.18. The van der Waals surface area contributed by atoms with Crippen LogP contribution in [0.4, 0.5) is 0 Å². The van der Waals surface area contributed by atoms with E-state index in [0.717, 1.165) is 6.61 Å². The van der Waals surface area contributed by atoms with Crippen molar-refractivity contribution >= 4 is 11.8 Å². The number of fused-ring (bicyclic) bond motifs is 1. The van der Waals surface area contributed by atoms with Crippen LogP contribution in [-0.2, 0) is 18.9 Å². The highest BCUT2D eigenvalue weighted by molar-refractivity contribution is 8.00. The monoisotopic (exact) mass is 308 g/mol. The lowest BCUT2D eigenvalue weighted by molar-refractivity contribution is -0.0542. The molecule has 0 radical (unpaired) electrons. The maximum absolute atomic E-state index is 6.22. The van der Waals surface area contributed by atoms with Gasteiger partial charge in [0.2, 0.25) is 0 Å². The summed E-state index contributed by atoms with van der Waals surface area (Å²) in [4.78, 5) is 1.28. The van der Waals surface area contributed by atoms with Crippen LogP contribution in [0.3, 0.4) is 0 Å². The van der Waals surface area contributed by atoms with Gasteiger partial charge in [0.1, 0.15) is 6.79 Å². The van der Waals surface area contributed by atoms with E-state index >= 15 is 0 Å². The Bertz CT molecular complexity index is 482. The quantitative estimate of drug-likeness (QED) is 0.595. The van der Waals surface area contributed by atoms with Crippen molar-refractivity contribution < 1.29 is 18.9 Å². The Kier molecular flexibility index (Phi) is 3.94. The van der Waals surface area contributed by atoms with Crippen LogP contribution in [0.5, 0.6) is 0 Å². The maximum atomic E-state index is 6.22. The molecule has 4 rings (SSSR count). The fourth-order valence-corrected chi connectivity index (χ4v) is 5.19. The molecule has 4 nitrogen and oxygen atoms in total. The zero-order valence-corrected chi connectivity index (χ0v) is 12.8. The van der Waals surface area contributed by atoms with E-state index in [4.69, 9.17) is 18.9 Å². The zero-order chi connectivity index (χ0) is 14.2. The van der Waals surface area contributed by atoms with Crippen LogP contribution in [0.2, 0.25) is 0 Å². The lowest BCUT2D eigenvalue weighted by Crippen LogP contribution is -2.42. The van der Waals surface area contributed by atoms with Crippen molar-refractivity contribution in [2.45, 2.75) is 28.5 Å². The average Bonchev–Trinajstić information content (AvgIpc) is 3.12. The molecular formula is C16H20O4S. The Morgan fingerprint density at radius 3 is 2.86 bits per heavy atom. The van der Waals surface area contributed by atoms with Crippen LogP contribution in [0.25, 0.3) is 0 Å². The standard InChI is InChI=1S/C16H20O4S/c1-17-9-18-7-11-12-8-19-15-13(12)20-14(11)16(15)21-10-5-3-2-4-6-10/h2-6,11-16H,7-9H2,1H3/t11-,12-,13+,14-,15-,16-/m0/s1. The highest BCUT2D eigenvalue weighted by atomic mass is 32.2. The first-order valence-corrected chi connectivity index (χ1v) is 8.32. The van der Waals surface area contributed by atoms with Gasteiger partial charge in [0.15, 0.2) is 0 Å². The largest absolute Gasteiger partial charge is 0.374 e. The van der Waals surface area contributed by atoms with Gasteiger partial charge in [-0.15, -0.1) is 11.8 Å². The molecule has 0 spiro atoms. The van der Waals surface area contributed by atoms with Gasteiger partial charge in [-0.05, 0) is 12.1 Å². The van der Waals surface area contributed by atoms with Crippen LogP contribution in [0, 0.1) is 11.8 Å². The van der Waals surface area contributed by atoms with Gasteiger partial charge in [-0.1, -0.05) is 18.2 Å². The third-order valence-corrected chi connectivity index (χ3v) is 6.04. The Hall–Kier alpha value is -0.590. The first-order valence-electron chi connectivity index (χ1n) is 7.44. The van der Waals surface area contributed by atoms with Gasteiger partial charge in [0.25, 0.3) is 0 Å². The molecule has 3 heterocycles. The first-order chi connectivity index (χ1) is 10.4. The molecule has 0 amide bonds. The normalized spacial score (nSPS) is 40.0. The first kappa shape index (κ1) is 14.0. The summed E-state index contributed by atoms with van der Waals surface area (Å²) >= 11 is 1.88. The number of hydrogen-bond donors (Lipinski definition) is 0. The van der Waals surface area contributed by atoms with Gasteiger partial charge >= 0.3 is 0 Å². The van der Waals surface area contributed by atoms with Crippen LogP contribution in [-0.4, -0.2) is 50.7 Å². The van der Waals surface area contributed by atoms with E-state index in [9.17, 15) is 0 Å². The molecule has 0 N–H and O–H groups in total. The van der Waals surface area contributed by atoms with E-state index in [1.54, 1.807) is 7.11 Å². The molecule has 114 valence electrons. The Morgan fingerprint density at radius 2 is 2.05 bits per heavy atom. The van der Waals surface area contributed by atoms with Gasteiger partial charge in [-0.2, -0.15) is 0 Å². The van der Waals surface area contributed by atoms with Crippen LogP contribution in [0.1, 0.15) is 0 Å². The number of methoxy groups -OCH3 is 1. The smallest absolute Gasteiger partial charge is 0.146 e. The van der Waals surface area contributed by atoms with Crippen LogP contribution < -0.4 is 0 Å². The van der Waals surface area contributed by atoms with Gasteiger partial charge in [-0.3, -0.25) is 0 Å². The molecular weight excluding hydrogens is 288 g/mol. The number of hydrogen-bond acceptors (Lipinski definition) is 5. The molecule has 1 aromatic rings. The summed E-state index contributed by atoms with van der Waals surface area (Å²) in [7, 11) is 1.65. The Morgan fingerprint density at radius 1 is 1.19 bits per heavy atom. The molecule has 5 heteroatoms. The lowest BCUT2D eigenvalue weighted by atomic mass is 9.80. The third-order valence-electron chi connectivity index (χ3n) is 4.69. The molecule has 3 fully saturated rings. The highest BCUT2D eigenvalue weighted by Crippen LogP contribution is 2.54. The van der Waals surface area contributed by atoms with Gasteiger partial charge in [0, 0.05) is 23.8 Å². The second-order valence-electron chi connectivity index (χ2n) is 5.86. The Balaban J connectivity index is 1.48. The molecule has 0 aromatic heterocycles. The zero-order valence-electron chi connectivity index (χ0n) is 12.0. The van der Waals surface area contributed by atoms with E-state index in [1.807, 2.05) is 17.8 Å². The summed E-state index contributed by atoms with van der Waals surface area (Å²) in [6.45, 7) is 1.85. The summed E-state index contributed by atoms with van der Waals surface area (Å²) in [5.41, 5.74) is 0. The number of benzene rings is 1. The second kappa shape index (κ2) is 5.89. The molecule has 0 unspecified atom stereocenters. The van der Waals surface area contributed by atoms with E-state index in [0.29, 0.717) is 30.5 Å². The maximum Gasteiger partial charge on any atom is 0.146 e. The predicted molar refractivity (Wildman–Crippen MR) is 79.3 cm³/mol. The summed E-state index contributed by atoms with van der Waals surface area (Å²) in [5.74, 6) is 0.912. The third kappa shape index (κ3) is 2.41. The highest BCUT2D eigenvalue weighted by Gasteiger charge is 2.63. The van der Waals surface area contributed by atoms with Crippen molar-refractivity contribution in [3.05, 3.63) is 30.3 Å². The van der Waals surface area contributed by atoms with Gasteiger partial charge < -0.3 is 18.9 Å². The van der Waals surface area contributed by atoms with Crippen molar-refractivity contribution in [2.75, 3.05) is 27.1 Å². The number of thioether (sulfide) groups is 1. The van der Waals surface area contributed by atoms with E-state index in [1.165, 1.54) is 4.90 Å². The summed E-state index contributed by atoms with van der Waals surface area (Å²) in [5, 5.41) is 0.368. The minimum absolute atomic E-state index is 0.231. The van der Waals surface area contributed by atoms with Crippen LogP contribution >= 0.6 is 11.8 Å². The van der Waals surface area contributed by atoms with E-state index in [2.05, 4.69) is 24.3 Å². The fourth-order valence-electron chi connectivity index (χ4n) is 3.79. The SMILES string of the molecule is COCOC[C@H]1[C@@H]2CO[C@H]3[C@@H]2O[C@@H]1[C@@H]3Sc1ccccc1. The van der Waals surface area contributed by atoms with Crippen molar-refractivity contribution in [1.82, 2.24) is 0 Å². The molecule has 3 aliphatic heterocycles. The fraction of sp³-hybridized carbons (Fsp3) is 0.625. The number of rotatable bonds is 6. The second-order valence-corrected chi connectivity index (χ2v) is 7.12. The molecule has 0 saturated carbocycles. The Labute approximate surface area is 129 Å². The van der Waals surface area contributed by atoms with Crippen LogP contribution in [0.15, 0.2) is 35.2 Å². The summed E-state index contributed by atoms with van der Waals surface area (Å²) in [6.07, 6.45) is 0.728. The minimum atomic E-state index is 0.231. The van der Waals surface area contributed by atoms with Gasteiger partial charge in [-0.25, -0.2) is 0 Å². The molecule has 3 saturated heterocycles. The molecule has 2 bridgehead atoms. The van der Waals surface area contributed by atoms with Crippen molar-refractivity contribution in [2.24, 2.45) is 11.8 Å². The summed E-state index contributed by atoms with van der Waals surface area (Å²) < 4.78 is 22.8. The lowest BCUT2D eigenvalue weighted by Gasteiger charge is -2.29. The van der Waals surface area contributed by atoms with E-state index < -0.39 is 0 Å². The van der Waals surface area contributed by atoms with Gasteiger partial charge in [0.05, 0.1) is 36.8 Å². The average molecular weight is 308 g/mol. The summed E-state index contributed by atoms with van der Waals surface area (Å²) in [6, 6.07) is 10.5. The molecule has 6 atom stereocenters. The van der Waals surface area contributed by atoms with Crippen molar-refractivity contribution in [1.29, 1.82) is 0 Å². The molecule has 21 heavy (non-hydrogen) atoms. The molecule has 3 aliphatic rings. The minimum Gasteiger partial charge on any atom is -0.374 e. The van der Waals surface area contributed by atoms with Crippen molar-refractivity contribution in [3.8, 4) is 0 Å². The van der Waals surface area contributed by atoms with E-state index in [-0.39, 0.29) is 18.3 Å². The molecule has 0 aliphatic carbocycles.